The van der Waals surface area contributed by atoms with Crippen LogP contribution < -0.4 is 4.74 Å². The number of ketones is 1. The van der Waals surface area contributed by atoms with Crippen LogP contribution in [0.5, 0.6) is 11.5 Å². The van der Waals surface area contributed by atoms with Crippen LogP contribution in [0.1, 0.15) is 18.9 Å². The second kappa shape index (κ2) is 7.17. The first-order chi connectivity index (χ1) is 10.5. The van der Waals surface area contributed by atoms with Gasteiger partial charge in [-0.15, -0.1) is 0 Å². The maximum Gasteiger partial charge on any atom is 0.312 e. The van der Waals surface area contributed by atoms with Crippen LogP contribution in [-0.4, -0.2) is 10.7 Å². The summed E-state index contributed by atoms with van der Waals surface area (Å²) in [6, 6.07) is 11.8. The molecule has 0 saturated heterocycles. The van der Waals surface area contributed by atoms with Gasteiger partial charge in [-0.3, -0.25) is 10.1 Å². The molecule has 0 bridgehead atoms. The van der Waals surface area contributed by atoms with E-state index in [9.17, 15) is 14.9 Å². The Hall–Kier alpha value is -2.21. The molecule has 2 rings (SSSR count). The van der Waals surface area contributed by atoms with Crippen molar-refractivity contribution in [1.29, 1.82) is 0 Å². The summed E-state index contributed by atoms with van der Waals surface area (Å²) in [4.78, 5) is 21.5. The van der Waals surface area contributed by atoms with E-state index in [1.54, 1.807) is 31.2 Å². The lowest BCUT2D eigenvalue weighted by Crippen LogP contribution is -1.95. The minimum Gasteiger partial charge on any atom is -0.450 e. The molecule has 0 fully saturated rings. The van der Waals surface area contributed by atoms with Gasteiger partial charge in [0.2, 0.25) is 5.75 Å². The van der Waals surface area contributed by atoms with Gasteiger partial charge in [0.05, 0.1) is 4.92 Å². The molecule has 0 aromatic heterocycles. The van der Waals surface area contributed by atoms with E-state index < -0.39 is 4.92 Å². The Bertz CT molecular complexity index is 698. The van der Waals surface area contributed by atoms with Gasteiger partial charge in [0.15, 0.2) is 0 Å². The van der Waals surface area contributed by atoms with E-state index in [4.69, 9.17) is 4.74 Å². The zero-order valence-electron chi connectivity index (χ0n) is 11.9. The van der Waals surface area contributed by atoms with Crippen LogP contribution in [0, 0.1) is 10.1 Å². The molecule has 22 heavy (non-hydrogen) atoms. The summed E-state index contributed by atoms with van der Waals surface area (Å²) in [5, 5.41) is 11.0. The molecule has 0 amide bonds. The van der Waals surface area contributed by atoms with Crippen molar-refractivity contribution >= 4 is 27.4 Å². The average molecular weight is 364 g/mol. The maximum atomic E-state index is 11.0. The van der Waals surface area contributed by atoms with E-state index in [1.807, 2.05) is 12.1 Å². The first-order valence-corrected chi connectivity index (χ1v) is 7.45. The van der Waals surface area contributed by atoms with Crippen LogP contribution in [0.4, 0.5) is 5.69 Å². The Morgan fingerprint density at radius 3 is 2.50 bits per heavy atom. The Morgan fingerprint density at radius 2 is 1.91 bits per heavy atom. The predicted octanol–water partition coefficient (Wildman–Crippen LogP) is 4.67. The fourth-order valence-corrected chi connectivity index (χ4v) is 2.24. The first kappa shape index (κ1) is 16.2. The highest BCUT2D eigenvalue weighted by atomic mass is 79.9. The molecular formula is C16H14BrNO4. The molecule has 0 spiro atoms. The van der Waals surface area contributed by atoms with Gasteiger partial charge < -0.3 is 9.53 Å². The highest BCUT2D eigenvalue weighted by Gasteiger charge is 2.16. The monoisotopic (exact) mass is 363 g/mol. The first-order valence-electron chi connectivity index (χ1n) is 6.66. The summed E-state index contributed by atoms with van der Waals surface area (Å²) in [5.41, 5.74) is 0.919. The number of Topliss-reactive ketones (excluding diaryl/α,β-unsaturated/α-hetero) is 1. The largest absolute Gasteiger partial charge is 0.450 e. The number of nitrogens with zero attached hydrogens (tertiary/aromatic N) is 1. The van der Waals surface area contributed by atoms with Crippen molar-refractivity contribution in [2.24, 2.45) is 0 Å². The zero-order chi connectivity index (χ0) is 16.1. The van der Waals surface area contributed by atoms with Gasteiger partial charge >= 0.3 is 5.69 Å². The molecule has 2 aromatic carbocycles. The number of benzene rings is 2. The van der Waals surface area contributed by atoms with Gasteiger partial charge in [0.1, 0.15) is 11.5 Å². The summed E-state index contributed by atoms with van der Waals surface area (Å²) in [5.74, 6) is 0.840. The van der Waals surface area contributed by atoms with E-state index in [0.717, 1.165) is 5.56 Å². The highest BCUT2D eigenvalue weighted by molar-refractivity contribution is 9.10. The Morgan fingerprint density at radius 1 is 1.23 bits per heavy atom. The van der Waals surface area contributed by atoms with Gasteiger partial charge in [0, 0.05) is 17.0 Å². The van der Waals surface area contributed by atoms with Gasteiger partial charge in [-0.2, -0.15) is 0 Å². The van der Waals surface area contributed by atoms with Crippen LogP contribution >= 0.6 is 15.9 Å². The number of hydrogen-bond donors (Lipinski definition) is 0. The van der Waals surface area contributed by atoms with Crippen molar-refractivity contribution < 1.29 is 14.5 Å². The lowest BCUT2D eigenvalue weighted by molar-refractivity contribution is -0.385. The smallest absolute Gasteiger partial charge is 0.312 e. The van der Waals surface area contributed by atoms with Crippen molar-refractivity contribution in [2.75, 3.05) is 0 Å². The molecule has 0 saturated carbocycles. The van der Waals surface area contributed by atoms with Crippen molar-refractivity contribution in [3.8, 4) is 11.5 Å². The summed E-state index contributed by atoms with van der Waals surface area (Å²) < 4.78 is 6.19. The van der Waals surface area contributed by atoms with Crippen molar-refractivity contribution in [2.45, 2.75) is 19.8 Å². The van der Waals surface area contributed by atoms with Gasteiger partial charge in [-0.05, 0) is 43.2 Å². The Labute approximate surface area is 136 Å². The number of ether oxygens (including phenoxy) is 1. The fourth-order valence-electron chi connectivity index (χ4n) is 1.89. The Kier molecular flexibility index (Phi) is 5.27. The van der Waals surface area contributed by atoms with Gasteiger partial charge in [-0.1, -0.05) is 28.1 Å². The fraction of sp³-hybridized carbons (Fsp3) is 0.188. The molecule has 0 unspecified atom stereocenters. The number of rotatable bonds is 6. The summed E-state index contributed by atoms with van der Waals surface area (Å²) in [7, 11) is 0. The molecule has 0 aliphatic carbocycles. The van der Waals surface area contributed by atoms with Crippen LogP contribution in [0.25, 0.3) is 0 Å². The molecule has 114 valence electrons. The number of carbonyl (C=O) groups is 1. The maximum absolute atomic E-state index is 11.0. The van der Waals surface area contributed by atoms with E-state index in [1.165, 1.54) is 6.07 Å². The van der Waals surface area contributed by atoms with Crippen LogP contribution in [0.3, 0.4) is 0 Å². The predicted molar refractivity (Wildman–Crippen MR) is 86.3 cm³/mol. The molecule has 0 aliphatic rings. The number of aryl methyl sites for hydroxylation is 1. The number of nitro groups is 1. The number of carbonyl (C=O) groups excluding carboxylic acids is 1. The molecule has 6 heteroatoms. The standard InChI is InChI=1S/C16H14BrNO4/c1-11(19)2-3-12-4-7-14(8-5-12)22-16-9-6-13(17)10-15(16)18(20)21/h4-10H,2-3H2,1H3. The van der Waals surface area contributed by atoms with E-state index >= 15 is 0 Å². The lowest BCUT2D eigenvalue weighted by atomic mass is 10.1. The summed E-state index contributed by atoms with van der Waals surface area (Å²) >= 11 is 3.20. The number of halogens is 1. The third kappa shape index (κ3) is 4.39. The normalized spacial score (nSPS) is 10.3. The minimum absolute atomic E-state index is 0.102. The molecule has 0 heterocycles. The molecule has 0 radical (unpaired) electrons. The van der Waals surface area contributed by atoms with Crippen LogP contribution in [0.15, 0.2) is 46.9 Å². The topological polar surface area (TPSA) is 69.4 Å². The van der Waals surface area contributed by atoms with Crippen LogP contribution in [0.2, 0.25) is 0 Å². The van der Waals surface area contributed by atoms with E-state index in [0.29, 0.717) is 23.1 Å². The SMILES string of the molecule is CC(=O)CCc1ccc(Oc2ccc(Br)cc2[N+](=O)[O-])cc1. The third-order valence-corrected chi connectivity index (χ3v) is 3.53. The molecule has 0 aliphatic heterocycles. The van der Waals surface area contributed by atoms with Crippen molar-refractivity contribution in [3.05, 3.63) is 62.6 Å². The summed E-state index contributed by atoms with van der Waals surface area (Å²) in [6.07, 6.45) is 1.17. The molecule has 0 N–H and O–H groups in total. The minimum atomic E-state index is -0.485. The van der Waals surface area contributed by atoms with E-state index in [-0.39, 0.29) is 17.2 Å². The zero-order valence-corrected chi connectivity index (χ0v) is 13.5. The van der Waals surface area contributed by atoms with Crippen molar-refractivity contribution in [1.82, 2.24) is 0 Å². The molecule has 0 atom stereocenters. The number of nitro benzene ring substituents is 1. The second-order valence-electron chi connectivity index (χ2n) is 4.82. The molecular weight excluding hydrogens is 350 g/mol. The van der Waals surface area contributed by atoms with Gasteiger partial charge in [0.25, 0.3) is 0 Å². The van der Waals surface area contributed by atoms with Crippen molar-refractivity contribution in [3.63, 3.8) is 0 Å². The Balaban J connectivity index is 2.14. The second-order valence-corrected chi connectivity index (χ2v) is 5.73. The highest BCUT2D eigenvalue weighted by Crippen LogP contribution is 2.33. The average Bonchev–Trinajstić information content (AvgIpc) is 2.48. The molecule has 5 nitrogen and oxygen atoms in total. The third-order valence-electron chi connectivity index (χ3n) is 3.03. The van der Waals surface area contributed by atoms with E-state index in [2.05, 4.69) is 15.9 Å². The lowest BCUT2D eigenvalue weighted by Gasteiger charge is -2.07. The molecule has 2 aromatic rings. The number of hydrogen-bond acceptors (Lipinski definition) is 4. The quantitative estimate of drug-likeness (QED) is 0.552. The summed E-state index contributed by atoms with van der Waals surface area (Å²) in [6.45, 7) is 1.56. The van der Waals surface area contributed by atoms with Crippen LogP contribution in [-0.2, 0) is 11.2 Å². The van der Waals surface area contributed by atoms with Gasteiger partial charge in [-0.25, -0.2) is 0 Å².